The summed E-state index contributed by atoms with van der Waals surface area (Å²) in [5, 5.41) is 5.14. The van der Waals surface area contributed by atoms with E-state index in [2.05, 4.69) is 19.9 Å². The van der Waals surface area contributed by atoms with Gasteiger partial charge in [0.05, 0.1) is 10.9 Å². The Labute approximate surface area is 194 Å². The fourth-order valence-electron chi connectivity index (χ4n) is 4.93. The van der Waals surface area contributed by atoms with Crippen LogP contribution in [0.4, 0.5) is 5.69 Å². The highest BCUT2D eigenvalue weighted by Crippen LogP contribution is 2.26. The Bertz CT molecular complexity index is 1240. The number of carbonyl (C=O) groups excluding carboxylic acids is 1. The lowest BCUT2D eigenvalue weighted by Gasteiger charge is -2.33. The number of pyridine rings is 1. The first-order chi connectivity index (χ1) is 16.0. The summed E-state index contributed by atoms with van der Waals surface area (Å²) >= 11 is 0. The first kappa shape index (κ1) is 22.0. The number of fused-ring (bicyclic) bond motifs is 1. The maximum atomic E-state index is 13.1. The highest BCUT2D eigenvalue weighted by Gasteiger charge is 2.36. The van der Waals surface area contributed by atoms with Gasteiger partial charge < -0.3 is 10.2 Å². The molecule has 2 atom stereocenters. The Hall–Kier alpha value is -2.81. The van der Waals surface area contributed by atoms with Crippen LogP contribution in [0.1, 0.15) is 19.3 Å². The predicted molar refractivity (Wildman–Crippen MR) is 129 cm³/mol. The minimum absolute atomic E-state index is 0.0106. The standard InChI is InChI=1S/C25H28N4O3S/c30-25(19-9-13-29(14-10-19)22-7-11-26-12-8-22)24-16-21(17-27-24)28-33(31,32)23-6-5-18-3-1-2-4-20(18)15-23/h1-8,11-12,15,19,21,24,27-28H,9-10,13-14,16-17H2. The molecular formula is C25H28N4O3S. The molecule has 2 aliphatic heterocycles. The molecule has 2 unspecified atom stereocenters. The number of sulfonamides is 1. The van der Waals surface area contributed by atoms with Crippen molar-refractivity contribution in [1.29, 1.82) is 0 Å². The van der Waals surface area contributed by atoms with Gasteiger partial charge in [0.25, 0.3) is 0 Å². The molecule has 2 aromatic carbocycles. The zero-order chi connectivity index (χ0) is 22.8. The summed E-state index contributed by atoms with van der Waals surface area (Å²) in [4.78, 5) is 19.7. The van der Waals surface area contributed by atoms with E-state index in [1.165, 1.54) is 0 Å². The van der Waals surface area contributed by atoms with Crippen molar-refractivity contribution in [3.8, 4) is 0 Å². The summed E-state index contributed by atoms with van der Waals surface area (Å²) < 4.78 is 28.7. The second kappa shape index (κ2) is 9.21. The number of carbonyl (C=O) groups is 1. The first-order valence-electron chi connectivity index (χ1n) is 11.4. The zero-order valence-electron chi connectivity index (χ0n) is 18.4. The van der Waals surface area contributed by atoms with Crippen molar-refractivity contribution in [2.75, 3.05) is 24.5 Å². The molecule has 7 nitrogen and oxygen atoms in total. The number of Topliss-reactive ketones (excluding diaryl/α,β-unsaturated/α-hetero) is 1. The van der Waals surface area contributed by atoms with E-state index in [0.717, 1.165) is 42.4 Å². The third-order valence-corrected chi connectivity index (χ3v) is 8.27. The molecule has 0 bridgehead atoms. The zero-order valence-corrected chi connectivity index (χ0v) is 19.2. The van der Waals surface area contributed by atoms with Crippen molar-refractivity contribution in [3.05, 3.63) is 67.0 Å². The second-order valence-electron chi connectivity index (χ2n) is 8.89. The van der Waals surface area contributed by atoms with Crippen molar-refractivity contribution in [2.45, 2.75) is 36.2 Å². The number of rotatable bonds is 6. The van der Waals surface area contributed by atoms with Crippen molar-refractivity contribution in [1.82, 2.24) is 15.0 Å². The van der Waals surface area contributed by atoms with Gasteiger partial charge in [-0.05, 0) is 54.3 Å². The van der Waals surface area contributed by atoms with Gasteiger partial charge in [-0.15, -0.1) is 0 Å². The van der Waals surface area contributed by atoms with Crippen LogP contribution in [0.25, 0.3) is 10.8 Å². The molecular weight excluding hydrogens is 436 g/mol. The Morgan fingerprint density at radius 3 is 2.48 bits per heavy atom. The molecule has 172 valence electrons. The fourth-order valence-corrected chi connectivity index (χ4v) is 6.21. The van der Waals surface area contributed by atoms with Gasteiger partial charge in [-0.3, -0.25) is 9.78 Å². The number of nitrogens with one attached hydrogen (secondary N) is 2. The van der Waals surface area contributed by atoms with Crippen molar-refractivity contribution in [2.24, 2.45) is 5.92 Å². The molecule has 3 aromatic rings. The van der Waals surface area contributed by atoms with E-state index in [9.17, 15) is 13.2 Å². The molecule has 2 saturated heterocycles. The summed E-state index contributed by atoms with van der Waals surface area (Å²) in [5.41, 5.74) is 1.14. The highest BCUT2D eigenvalue weighted by atomic mass is 32.2. The van der Waals surface area contributed by atoms with Crippen LogP contribution in [0.2, 0.25) is 0 Å². The lowest BCUT2D eigenvalue weighted by atomic mass is 9.88. The largest absolute Gasteiger partial charge is 0.371 e. The number of nitrogens with zero attached hydrogens (tertiary/aromatic N) is 2. The summed E-state index contributed by atoms with van der Waals surface area (Å²) in [7, 11) is -3.66. The first-order valence-corrected chi connectivity index (χ1v) is 12.9. The minimum Gasteiger partial charge on any atom is -0.371 e. The van der Waals surface area contributed by atoms with Gasteiger partial charge in [-0.25, -0.2) is 13.1 Å². The van der Waals surface area contributed by atoms with E-state index in [4.69, 9.17) is 0 Å². The van der Waals surface area contributed by atoms with Gasteiger partial charge >= 0.3 is 0 Å². The molecule has 0 spiro atoms. The number of hydrogen-bond acceptors (Lipinski definition) is 6. The third kappa shape index (κ3) is 4.78. The number of aromatic nitrogens is 1. The van der Waals surface area contributed by atoms with Crippen LogP contribution in [0.3, 0.4) is 0 Å². The number of hydrogen-bond donors (Lipinski definition) is 2. The molecule has 2 aliphatic rings. The van der Waals surface area contributed by atoms with Crippen molar-refractivity contribution < 1.29 is 13.2 Å². The topological polar surface area (TPSA) is 91.4 Å². The van der Waals surface area contributed by atoms with Gasteiger partial charge in [0.1, 0.15) is 0 Å². The summed E-state index contributed by atoms with van der Waals surface area (Å²) in [6, 6.07) is 16.2. The Morgan fingerprint density at radius 1 is 1.00 bits per heavy atom. The second-order valence-corrected chi connectivity index (χ2v) is 10.6. The molecule has 8 heteroatoms. The van der Waals surface area contributed by atoms with E-state index in [1.807, 2.05) is 42.5 Å². The van der Waals surface area contributed by atoms with Crippen LogP contribution in [0, 0.1) is 5.92 Å². The summed E-state index contributed by atoms with van der Waals surface area (Å²) in [5.74, 6) is 0.216. The fraction of sp³-hybridized carbons (Fsp3) is 0.360. The predicted octanol–water partition coefficient (Wildman–Crippen LogP) is 2.73. The molecule has 33 heavy (non-hydrogen) atoms. The average molecular weight is 465 g/mol. The molecule has 3 heterocycles. The minimum atomic E-state index is -3.66. The van der Waals surface area contributed by atoms with Crippen LogP contribution in [-0.2, 0) is 14.8 Å². The van der Waals surface area contributed by atoms with Crippen LogP contribution in [0.5, 0.6) is 0 Å². The molecule has 0 saturated carbocycles. The SMILES string of the molecule is O=C(C1CCN(c2ccncc2)CC1)C1CC(NS(=O)(=O)c2ccc3ccccc3c2)CN1. The van der Waals surface area contributed by atoms with E-state index in [1.54, 1.807) is 24.5 Å². The molecule has 1 aromatic heterocycles. The lowest BCUT2D eigenvalue weighted by Crippen LogP contribution is -2.42. The van der Waals surface area contributed by atoms with E-state index < -0.39 is 10.0 Å². The normalized spacial score (nSPS) is 22.0. The number of piperidine rings is 1. The summed E-state index contributed by atoms with van der Waals surface area (Å²) in [6.45, 7) is 2.13. The lowest BCUT2D eigenvalue weighted by molar-refractivity contribution is -0.125. The van der Waals surface area contributed by atoms with Crippen molar-refractivity contribution in [3.63, 3.8) is 0 Å². The molecule has 0 amide bonds. The van der Waals surface area contributed by atoms with Crippen LogP contribution in [-0.4, -0.2) is 50.9 Å². The van der Waals surface area contributed by atoms with E-state index >= 15 is 0 Å². The van der Waals surface area contributed by atoms with Crippen molar-refractivity contribution >= 4 is 32.3 Å². The molecule has 2 N–H and O–H groups in total. The third-order valence-electron chi connectivity index (χ3n) is 6.75. The van der Waals surface area contributed by atoms with Crippen LogP contribution in [0.15, 0.2) is 71.9 Å². The monoisotopic (exact) mass is 464 g/mol. The Kier molecular flexibility index (Phi) is 6.14. The Morgan fingerprint density at radius 2 is 1.73 bits per heavy atom. The van der Waals surface area contributed by atoms with Gasteiger partial charge in [0, 0.05) is 49.7 Å². The quantitative estimate of drug-likeness (QED) is 0.583. The summed E-state index contributed by atoms with van der Waals surface area (Å²) in [6.07, 6.45) is 5.68. The molecule has 0 radical (unpaired) electrons. The van der Waals surface area contributed by atoms with Gasteiger partial charge in [-0.1, -0.05) is 30.3 Å². The number of benzene rings is 2. The maximum absolute atomic E-state index is 13.1. The van der Waals surface area contributed by atoms with Gasteiger partial charge in [0.15, 0.2) is 5.78 Å². The molecule has 5 rings (SSSR count). The van der Waals surface area contributed by atoms with Gasteiger partial charge in [-0.2, -0.15) is 0 Å². The highest BCUT2D eigenvalue weighted by molar-refractivity contribution is 7.89. The Balaban J connectivity index is 1.17. The number of anilines is 1. The maximum Gasteiger partial charge on any atom is 0.240 e. The number of ketones is 1. The van der Waals surface area contributed by atoms with Gasteiger partial charge in [0.2, 0.25) is 10.0 Å². The average Bonchev–Trinajstić information content (AvgIpc) is 3.31. The smallest absolute Gasteiger partial charge is 0.240 e. The van der Waals surface area contributed by atoms with E-state index in [0.29, 0.717) is 13.0 Å². The van der Waals surface area contributed by atoms with Crippen LogP contribution >= 0.6 is 0 Å². The van der Waals surface area contributed by atoms with E-state index in [-0.39, 0.29) is 28.7 Å². The molecule has 0 aliphatic carbocycles. The molecule has 2 fully saturated rings. The van der Waals surface area contributed by atoms with Crippen LogP contribution < -0.4 is 14.9 Å².